The molecule has 60 valence electrons. The summed E-state index contributed by atoms with van der Waals surface area (Å²) in [5, 5.41) is 9.62. The van der Waals surface area contributed by atoms with Gasteiger partial charge in [0.1, 0.15) is 16.5 Å². The summed E-state index contributed by atoms with van der Waals surface area (Å²) in [7, 11) is 0. The summed E-state index contributed by atoms with van der Waals surface area (Å²) >= 11 is 1.43. The van der Waals surface area contributed by atoms with Crippen LogP contribution in [0.4, 0.5) is 0 Å². The van der Waals surface area contributed by atoms with Gasteiger partial charge in [0.15, 0.2) is 0 Å². The fourth-order valence-electron chi connectivity index (χ4n) is 0.620. The van der Waals surface area contributed by atoms with E-state index in [1.54, 1.807) is 5.38 Å². The van der Waals surface area contributed by atoms with E-state index in [4.69, 9.17) is 16.9 Å². The molecule has 11 heavy (non-hydrogen) atoms. The molecule has 0 aliphatic heterocycles. The van der Waals surface area contributed by atoms with Crippen molar-refractivity contribution in [2.45, 2.75) is 13.0 Å². The van der Waals surface area contributed by atoms with E-state index < -0.39 is 0 Å². The molecule has 4 nitrogen and oxygen atoms in total. The Kier molecular flexibility index (Phi) is 2.21. The van der Waals surface area contributed by atoms with Gasteiger partial charge in [0.25, 0.3) is 0 Å². The minimum Gasteiger partial charge on any atom is -0.382 e. The Morgan fingerprint density at radius 2 is 2.45 bits per heavy atom. The van der Waals surface area contributed by atoms with E-state index in [-0.39, 0.29) is 11.9 Å². The van der Waals surface area contributed by atoms with Gasteiger partial charge in [-0.15, -0.1) is 11.3 Å². The van der Waals surface area contributed by atoms with E-state index in [0.29, 0.717) is 5.69 Å². The summed E-state index contributed by atoms with van der Waals surface area (Å²) in [6.45, 7) is 1.85. The van der Waals surface area contributed by atoms with E-state index in [1.807, 2.05) is 6.92 Å². The number of nitrogen functional groups attached to an aromatic ring is 1. The monoisotopic (exact) mass is 170 g/mol. The normalized spacial score (nSPS) is 12.9. The van der Waals surface area contributed by atoms with Crippen LogP contribution in [0, 0.1) is 5.41 Å². The topological polar surface area (TPSA) is 88.8 Å². The Hall–Kier alpha value is -0.940. The summed E-state index contributed by atoms with van der Waals surface area (Å²) in [5.74, 6) is -0.00634. The van der Waals surface area contributed by atoms with Gasteiger partial charge in [-0.05, 0) is 6.92 Å². The average molecular weight is 170 g/mol. The van der Waals surface area contributed by atoms with E-state index in [2.05, 4.69) is 4.98 Å². The Balaban J connectivity index is 2.90. The van der Waals surface area contributed by atoms with Gasteiger partial charge >= 0.3 is 0 Å². The summed E-state index contributed by atoms with van der Waals surface area (Å²) in [5.41, 5.74) is 11.3. The zero-order chi connectivity index (χ0) is 8.43. The first-order chi connectivity index (χ1) is 5.11. The lowest BCUT2D eigenvalue weighted by Crippen LogP contribution is -2.12. The highest BCUT2D eigenvalue weighted by molar-refractivity contribution is 7.09. The molecule has 0 aromatic carbocycles. The number of hydrogen-bond acceptors (Lipinski definition) is 4. The van der Waals surface area contributed by atoms with Gasteiger partial charge < -0.3 is 11.5 Å². The van der Waals surface area contributed by atoms with Crippen molar-refractivity contribution in [1.82, 2.24) is 4.98 Å². The van der Waals surface area contributed by atoms with E-state index in [9.17, 15) is 0 Å². The number of nitrogens with two attached hydrogens (primary N) is 2. The molecule has 0 aliphatic rings. The molecule has 1 rings (SSSR count). The molecule has 5 N–H and O–H groups in total. The highest BCUT2D eigenvalue weighted by Crippen LogP contribution is 2.14. The van der Waals surface area contributed by atoms with Crippen molar-refractivity contribution in [3.63, 3.8) is 0 Å². The number of thiazole rings is 1. The van der Waals surface area contributed by atoms with Gasteiger partial charge in [0.2, 0.25) is 0 Å². The first-order valence-corrected chi connectivity index (χ1v) is 4.04. The van der Waals surface area contributed by atoms with Gasteiger partial charge in [-0.1, -0.05) is 0 Å². The van der Waals surface area contributed by atoms with Gasteiger partial charge in [-0.3, -0.25) is 5.41 Å². The second-order valence-electron chi connectivity index (χ2n) is 2.27. The lowest BCUT2D eigenvalue weighted by Gasteiger charge is -1.96. The third kappa shape index (κ3) is 1.75. The molecule has 1 atom stereocenters. The molecule has 0 spiro atoms. The first kappa shape index (κ1) is 8.16. The van der Waals surface area contributed by atoms with Crippen molar-refractivity contribution in [1.29, 1.82) is 5.41 Å². The van der Waals surface area contributed by atoms with E-state index >= 15 is 0 Å². The largest absolute Gasteiger partial charge is 0.382 e. The van der Waals surface area contributed by atoms with E-state index in [1.165, 1.54) is 11.3 Å². The molecule has 0 unspecified atom stereocenters. The fraction of sp³-hybridized carbons (Fsp3) is 0.333. The number of nitrogens with one attached hydrogen (secondary N) is 1. The van der Waals surface area contributed by atoms with E-state index in [0.717, 1.165) is 5.01 Å². The Labute approximate surface area is 68.8 Å². The number of nitrogens with zero attached hydrogens (tertiary/aromatic N) is 1. The number of amidine groups is 1. The molecule has 0 amide bonds. The molecule has 0 fully saturated rings. The van der Waals surface area contributed by atoms with Gasteiger partial charge in [0.05, 0.1) is 6.04 Å². The lowest BCUT2D eigenvalue weighted by atomic mass is 10.4. The molecular weight excluding hydrogens is 160 g/mol. The Morgan fingerprint density at radius 1 is 1.82 bits per heavy atom. The van der Waals surface area contributed by atoms with Crippen LogP contribution in [-0.2, 0) is 0 Å². The van der Waals surface area contributed by atoms with Gasteiger partial charge in [-0.2, -0.15) is 0 Å². The van der Waals surface area contributed by atoms with Crippen molar-refractivity contribution in [2.24, 2.45) is 11.5 Å². The predicted octanol–water partition coefficient (Wildman–Crippen LogP) is 0.447. The van der Waals surface area contributed by atoms with Crippen molar-refractivity contribution >= 4 is 17.2 Å². The van der Waals surface area contributed by atoms with Gasteiger partial charge in [-0.25, -0.2) is 4.98 Å². The third-order valence-corrected chi connectivity index (χ3v) is 2.23. The van der Waals surface area contributed by atoms with Crippen molar-refractivity contribution in [2.75, 3.05) is 0 Å². The Bertz CT molecular complexity index is 265. The number of hydrogen-bond donors (Lipinski definition) is 3. The standard InChI is InChI=1S/C6H10N4S/c1-3(7)6-10-4(2-11-6)5(8)9/h2-3H,7H2,1H3,(H3,8,9)/t3-/m1/s1. The third-order valence-electron chi connectivity index (χ3n) is 1.19. The van der Waals surface area contributed by atoms with Crippen LogP contribution in [0.1, 0.15) is 23.7 Å². The smallest absolute Gasteiger partial charge is 0.142 e. The van der Waals surface area contributed by atoms with Crippen LogP contribution < -0.4 is 11.5 Å². The molecule has 5 heteroatoms. The highest BCUT2D eigenvalue weighted by atomic mass is 32.1. The lowest BCUT2D eigenvalue weighted by molar-refractivity contribution is 0.805. The molecule has 1 aromatic heterocycles. The highest BCUT2D eigenvalue weighted by Gasteiger charge is 2.06. The maximum absolute atomic E-state index is 7.07. The SMILES string of the molecule is C[C@@H](N)c1nc(C(=N)N)cs1. The van der Waals surface area contributed by atoms with Crippen LogP contribution in [0.5, 0.6) is 0 Å². The van der Waals surface area contributed by atoms with Gasteiger partial charge in [0, 0.05) is 5.38 Å². The maximum Gasteiger partial charge on any atom is 0.142 e. The molecule has 0 bridgehead atoms. The summed E-state index contributed by atoms with van der Waals surface area (Å²) in [6.07, 6.45) is 0. The summed E-state index contributed by atoms with van der Waals surface area (Å²) < 4.78 is 0. The van der Waals surface area contributed by atoms with Crippen LogP contribution in [0.2, 0.25) is 0 Å². The molecule has 0 aliphatic carbocycles. The Morgan fingerprint density at radius 3 is 2.73 bits per heavy atom. The molecule has 0 saturated heterocycles. The second-order valence-corrected chi connectivity index (χ2v) is 3.16. The fourth-order valence-corrected chi connectivity index (χ4v) is 1.40. The maximum atomic E-state index is 7.07. The summed E-state index contributed by atoms with van der Waals surface area (Å²) in [4.78, 5) is 4.05. The zero-order valence-corrected chi connectivity index (χ0v) is 6.98. The molecule has 1 aromatic rings. The minimum atomic E-state index is -0.0758. The van der Waals surface area contributed by atoms with Crippen LogP contribution in [0.15, 0.2) is 5.38 Å². The minimum absolute atomic E-state index is 0.00634. The summed E-state index contributed by atoms with van der Waals surface area (Å²) in [6, 6.07) is -0.0758. The number of aromatic nitrogens is 1. The molecule has 0 radical (unpaired) electrons. The molecular formula is C6H10N4S. The quantitative estimate of drug-likeness (QED) is 0.444. The van der Waals surface area contributed by atoms with Crippen LogP contribution in [0.25, 0.3) is 0 Å². The number of rotatable bonds is 2. The average Bonchev–Trinajstić information content (AvgIpc) is 2.33. The predicted molar refractivity (Wildman–Crippen MR) is 45.7 cm³/mol. The van der Waals surface area contributed by atoms with Crippen molar-refractivity contribution in [3.05, 3.63) is 16.1 Å². The van der Waals surface area contributed by atoms with Crippen LogP contribution in [0.3, 0.4) is 0 Å². The molecule has 1 heterocycles. The second kappa shape index (κ2) is 2.98. The molecule has 0 saturated carbocycles. The first-order valence-electron chi connectivity index (χ1n) is 3.16. The van der Waals surface area contributed by atoms with Crippen molar-refractivity contribution < 1.29 is 0 Å². The van der Waals surface area contributed by atoms with Crippen molar-refractivity contribution in [3.8, 4) is 0 Å². The zero-order valence-electron chi connectivity index (χ0n) is 6.16. The van der Waals surface area contributed by atoms with Crippen LogP contribution >= 0.6 is 11.3 Å². The van der Waals surface area contributed by atoms with Crippen LogP contribution in [-0.4, -0.2) is 10.8 Å².